The van der Waals surface area contributed by atoms with E-state index >= 15 is 0 Å². The van der Waals surface area contributed by atoms with Gasteiger partial charge in [0.2, 0.25) is 0 Å². The number of hydrogen-bond donors (Lipinski definition) is 0. The first-order valence-electron chi connectivity index (χ1n) is 15.3. The van der Waals surface area contributed by atoms with Crippen LogP contribution in [-0.4, -0.2) is 126 Å². The van der Waals surface area contributed by atoms with E-state index in [2.05, 4.69) is 18.8 Å². The monoisotopic (exact) mass is 1130 g/mol. The maximum absolute atomic E-state index is 14.1. The molecule has 0 aromatic heterocycles. The summed E-state index contributed by atoms with van der Waals surface area (Å²) in [6.45, 7) is -5.45. The second-order valence-corrected chi connectivity index (χ2v) is 13.2. The third-order valence-electron chi connectivity index (χ3n) is 8.01. The minimum absolute atomic E-state index is 0. The van der Waals surface area contributed by atoms with Crippen molar-refractivity contribution in [1.82, 2.24) is 0 Å². The number of esters is 2. The van der Waals surface area contributed by atoms with Crippen LogP contribution in [0, 0.1) is 5.92 Å². The van der Waals surface area contributed by atoms with E-state index in [1.807, 2.05) is 0 Å². The molecule has 0 amide bonds. The number of carbonyl (C=O) groups is 2. The summed E-state index contributed by atoms with van der Waals surface area (Å²) in [7, 11) is 0. The Bertz CT molecular complexity index is 1710. The van der Waals surface area contributed by atoms with Gasteiger partial charge in [0.25, 0.3) is 0 Å². The van der Waals surface area contributed by atoms with Gasteiger partial charge >= 0.3 is 137 Å². The Morgan fingerprint density at radius 3 is 0.912 bits per heavy atom. The largest absolute Gasteiger partial charge is 1.00 e. The van der Waals surface area contributed by atoms with Gasteiger partial charge in [-0.25, -0.2) is 0 Å². The Balaban J connectivity index is 0. The first kappa shape index (κ1) is 67.9. The van der Waals surface area contributed by atoms with Crippen LogP contribution >= 0.6 is 12.0 Å². The molecule has 0 aliphatic carbocycles. The minimum Gasteiger partial charge on any atom is -0.691 e. The van der Waals surface area contributed by atoms with Crippen molar-refractivity contribution in [2.24, 2.45) is 5.92 Å². The number of carbonyl (C=O) groups excluding carboxylic acids is 2. The van der Waals surface area contributed by atoms with Gasteiger partial charge in [0, 0.05) is 17.8 Å². The Labute approximate surface area is 375 Å². The molecule has 0 saturated heterocycles. The molecule has 0 heterocycles. The molecule has 0 bridgehead atoms. The summed E-state index contributed by atoms with van der Waals surface area (Å²) < 4.78 is 466. The fourth-order valence-electron chi connectivity index (χ4n) is 4.00. The van der Waals surface area contributed by atoms with Crippen molar-refractivity contribution in [3.8, 4) is 0 Å². The summed E-state index contributed by atoms with van der Waals surface area (Å²) in [6.07, 6.45) is -25.2. The summed E-state index contributed by atoms with van der Waals surface area (Å²) in [5.74, 6) is -129. The molecule has 0 aliphatic rings. The van der Waals surface area contributed by atoms with E-state index in [4.69, 9.17) is 0 Å². The predicted octanol–water partition coefficient (Wildman–Crippen LogP) is 7.75. The number of ether oxygens (including phenoxy) is 2. The van der Waals surface area contributed by atoms with Crippen LogP contribution < -0.4 is 34.8 Å². The SMILES string of the molecule is O=C(CC(CSOO[O-])C(=O)OCCC(F)(F)C(F)(F)C(F)(F)C(F)(F)C(F)(F)C(F)(F)C(F)(F)C(F)(F)F)OCCC(F)(F)C(F)(F)C(F)(F)C(F)(F)C(F)(F)C(F)(F)C(F)(F)C(F)(F)F.[Na+]. The Morgan fingerprint density at radius 1 is 0.397 bits per heavy atom. The van der Waals surface area contributed by atoms with Crippen LogP contribution in [0.5, 0.6) is 0 Å². The van der Waals surface area contributed by atoms with Crippen molar-refractivity contribution in [3.63, 3.8) is 0 Å². The fourth-order valence-corrected chi connectivity index (χ4v) is 4.51. The number of halogens is 34. The second kappa shape index (κ2) is 20.4. The molecule has 68 heavy (non-hydrogen) atoms. The van der Waals surface area contributed by atoms with E-state index < -0.39 is 163 Å². The van der Waals surface area contributed by atoms with Crippen LogP contribution in [0.25, 0.3) is 0 Å². The maximum atomic E-state index is 14.1. The minimum atomic E-state index is -9.04. The molecule has 0 aromatic rings. The van der Waals surface area contributed by atoms with Crippen molar-refractivity contribution < 1.29 is 213 Å². The van der Waals surface area contributed by atoms with Crippen LogP contribution in [0.2, 0.25) is 0 Å². The van der Waals surface area contributed by atoms with Gasteiger partial charge in [-0.05, 0) is 0 Å². The van der Waals surface area contributed by atoms with E-state index in [1.54, 1.807) is 0 Å². The maximum Gasteiger partial charge on any atom is 1.00 e. The molecule has 400 valence electrons. The second-order valence-electron chi connectivity index (χ2n) is 12.5. The summed E-state index contributed by atoms with van der Waals surface area (Å²) >= 11 is -0.616. The molecule has 0 saturated carbocycles. The zero-order chi connectivity index (χ0) is 54.5. The standard InChI is InChI=1S/C25H14F34O7S.Na/c26-10(27,12(30,31)14(34,35)16(38,39)18(42,43)20(46,47)22(50,51)24(54,55)56)1-3-63-8(60)5-7(6-67-66-65-62)9(61)64-4-2-11(28,29)13(32,33)15(36,37)17(40,41)19(44,45)21(48,49)23(52,53)25(57,58)59;/h7,62H,1-6H2;/q;+1/p-1. The normalized spacial score (nSPS) is 16.0. The third-order valence-corrected chi connectivity index (χ3v) is 8.70. The molecule has 0 aliphatic heterocycles. The van der Waals surface area contributed by atoms with E-state index in [9.17, 15) is 164 Å². The number of alkyl halides is 34. The Kier molecular flexibility index (Phi) is 20.3. The molecule has 0 N–H and O–H groups in total. The topological polar surface area (TPSA) is 94.1 Å². The quantitative estimate of drug-likeness (QED) is 0.0175. The molecule has 0 spiro atoms. The van der Waals surface area contributed by atoms with Crippen molar-refractivity contribution in [3.05, 3.63) is 0 Å². The van der Waals surface area contributed by atoms with Gasteiger partial charge < -0.3 is 14.7 Å². The molecule has 1 atom stereocenters. The van der Waals surface area contributed by atoms with Crippen molar-refractivity contribution in [2.75, 3.05) is 19.0 Å². The Hall–Kier alpha value is -2.21. The van der Waals surface area contributed by atoms with Gasteiger partial charge in [-0.15, -0.1) is 0 Å². The summed E-state index contributed by atoms with van der Waals surface area (Å²) in [6, 6.07) is 0. The van der Waals surface area contributed by atoms with Crippen molar-refractivity contribution in [2.45, 2.75) is 115 Å². The van der Waals surface area contributed by atoms with Crippen molar-refractivity contribution in [1.29, 1.82) is 0 Å². The van der Waals surface area contributed by atoms with Crippen LogP contribution in [0.3, 0.4) is 0 Å². The van der Waals surface area contributed by atoms with Crippen molar-refractivity contribution >= 4 is 24.0 Å². The smallest absolute Gasteiger partial charge is 0.691 e. The van der Waals surface area contributed by atoms with Gasteiger partial charge in [0.15, 0.2) is 0 Å². The molecule has 0 rings (SSSR count). The van der Waals surface area contributed by atoms with E-state index in [-0.39, 0.29) is 29.6 Å². The molecular weight excluding hydrogens is 1110 g/mol. The zero-order valence-electron chi connectivity index (χ0n) is 30.9. The third kappa shape index (κ3) is 11.1. The van der Waals surface area contributed by atoms with E-state index in [1.165, 1.54) is 0 Å². The van der Waals surface area contributed by atoms with Crippen LogP contribution in [0.15, 0.2) is 0 Å². The fraction of sp³-hybridized carbons (Fsp3) is 0.920. The zero-order valence-corrected chi connectivity index (χ0v) is 33.8. The molecule has 43 heteroatoms. The first-order valence-corrected chi connectivity index (χ1v) is 16.2. The van der Waals surface area contributed by atoms with E-state index in [0.717, 1.165) is 0 Å². The van der Waals surface area contributed by atoms with Crippen LogP contribution in [-0.2, 0) is 28.4 Å². The molecule has 1 unspecified atom stereocenters. The van der Waals surface area contributed by atoms with Gasteiger partial charge in [-0.3, -0.25) is 14.6 Å². The average Bonchev–Trinajstić information content (AvgIpc) is 3.12. The summed E-state index contributed by atoms with van der Waals surface area (Å²) in [4.78, 5) is 24.1. The molecule has 7 nitrogen and oxygen atoms in total. The van der Waals surface area contributed by atoms with Crippen LogP contribution in [0.1, 0.15) is 19.3 Å². The number of hydrogen-bond acceptors (Lipinski definition) is 8. The summed E-state index contributed by atoms with van der Waals surface area (Å²) in [5.41, 5.74) is 0. The number of rotatable bonds is 25. The van der Waals surface area contributed by atoms with Gasteiger partial charge in [-0.1, -0.05) is 0 Å². The average molecular weight is 1130 g/mol. The molecular formula is C25H13F34NaO7S. The Morgan fingerprint density at radius 2 is 0.647 bits per heavy atom. The predicted molar refractivity (Wildman–Crippen MR) is 135 cm³/mol. The molecule has 0 radical (unpaired) electrons. The van der Waals surface area contributed by atoms with Gasteiger partial charge in [0.05, 0.1) is 38.4 Å². The van der Waals surface area contributed by atoms with Gasteiger partial charge in [-0.2, -0.15) is 154 Å². The molecule has 0 aromatic carbocycles. The van der Waals surface area contributed by atoms with Gasteiger partial charge in [0.1, 0.15) is 0 Å². The van der Waals surface area contributed by atoms with E-state index in [0.29, 0.717) is 0 Å². The first-order chi connectivity index (χ1) is 28.9. The summed E-state index contributed by atoms with van der Waals surface area (Å²) in [5, 5.41) is 12.5. The van der Waals surface area contributed by atoms with Crippen LogP contribution in [0.4, 0.5) is 149 Å². The molecule has 0 fully saturated rings.